The Labute approximate surface area is 112 Å². The van der Waals surface area contributed by atoms with Gasteiger partial charge in [0.15, 0.2) is 0 Å². The van der Waals surface area contributed by atoms with E-state index in [9.17, 15) is 0 Å². The van der Waals surface area contributed by atoms with Gasteiger partial charge < -0.3 is 10.3 Å². The predicted molar refractivity (Wildman–Crippen MR) is 82.0 cm³/mol. The number of rotatable bonds is 2. The van der Waals surface area contributed by atoms with E-state index < -0.39 is 0 Å². The molecule has 0 aliphatic carbocycles. The second-order valence-electron chi connectivity index (χ2n) is 4.82. The topological polar surface area (TPSA) is 30.9 Å². The molecule has 3 aromatic rings. The molecule has 1 aromatic heterocycles. The molecule has 0 bridgehead atoms. The molecular weight excluding hydrogens is 232 g/mol. The molecule has 94 valence electrons. The van der Waals surface area contributed by atoms with Gasteiger partial charge in [-0.3, -0.25) is 0 Å². The van der Waals surface area contributed by atoms with Gasteiger partial charge in [-0.25, -0.2) is 0 Å². The minimum absolute atomic E-state index is 0.768. The quantitative estimate of drug-likeness (QED) is 0.681. The van der Waals surface area contributed by atoms with Gasteiger partial charge in [0, 0.05) is 23.0 Å². The molecule has 0 spiro atoms. The van der Waals surface area contributed by atoms with E-state index in [4.69, 9.17) is 5.73 Å². The van der Waals surface area contributed by atoms with Crippen molar-refractivity contribution < 1.29 is 0 Å². The Kier molecular flexibility index (Phi) is 2.64. The molecule has 2 aromatic carbocycles. The number of nitrogens with zero attached hydrogens (tertiary/aromatic N) is 1. The maximum Gasteiger partial charge on any atom is 0.0528 e. The number of fused-ring (bicyclic) bond motifs is 1. The fourth-order valence-electron chi connectivity index (χ4n) is 2.31. The monoisotopic (exact) mass is 248 g/mol. The number of nitrogen functional groups attached to an aromatic ring is 1. The third-order valence-electron chi connectivity index (χ3n) is 3.38. The van der Waals surface area contributed by atoms with Gasteiger partial charge in [-0.15, -0.1) is 0 Å². The van der Waals surface area contributed by atoms with Crippen molar-refractivity contribution in [2.75, 3.05) is 5.73 Å². The highest BCUT2D eigenvalue weighted by Gasteiger charge is 2.06. The fourth-order valence-corrected chi connectivity index (χ4v) is 2.31. The molecule has 0 unspecified atom stereocenters. The van der Waals surface area contributed by atoms with Crippen LogP contribution in [0.3, 0.4) is 0 Å². The van der Waals surface area contributed by atoms with Gasteiger partial charge in [-0.1, -0.05) is 30.3 Å². The lowest BCUT2D eigenvalue weighted by molar-refractivity contribution is 1.17. The largest absolute Gasteiger partial charge is 0.399 e. The molecule has 0 radical (unpaired) electrons. The number of anilines is 1. The van der Waals surface area contributed by atoms with E-state index in [1.165, 1.54) is 16.5 Å². The zero-order valence-corrected chi connectivity index (χ0v) is 10.9. The Bertz CT molecular complexity index is 749. The molecule has 0 amide bonds. The van der Waals surface area contributed by atoms with Crippen LogP contribution in [-0.4, -0.2) is 4.57 Å². The summed E-state index contributed by atoms with van der Waals surface area (Å²) in [6, 6.07) is 16.3. The number of nitrogens with two attached hydrogens (primary N) is 1. The minimum atomic E-state index is 0.768. The van der Waals surface area contributed by atoms with Gasteiger partial charge in [0.05, 0.1) is 5.52 Å². The first-order valence-electron chi connectivity index (χ1n) is 6.28. The van der Waals surface area contributed by atoms with Gasteiger partial charge in [0.1, 0.15) is 0 Å². The SMILES string of the molecule is C=C(c1ccc(N)cc1)n1ccc2cc(C)ccc21. The van der Waals surface area contributed by atoms with Crippen LogP contribution in [-0.2, 0) is 0 Å². The van der Waals surface area contributed by atoms with Crippen LogP contribution in [0.4, 0.5) is 5.69 Å². The lowest BCUT2D eigenvalue weighted by Gasteiger charge is -2.10. The first kappa shape index (κ1) is 11.6. The summed E-state index contributed by atoms with van der Waals surface area (Å²) in [6.07, 6.45) is 2.06. The Hall–Kier alpha value is -2.48. The van der Waals surface area contributed by atoms with Crippen molar-refractivity contribution in [3.8, 4) is 0 Å². The molecule has 0 aliphatic heterocycles. The normalized spacial score (nSPS) is 10.8. The van der Waals surface area contributed by atoms with Crippen LogP contribution in [0.2, 0.25) is 0 Å². The van der Waals surface area contributed by atoms with Gasteiger partial charge in [0.25, 0.3) is 0 Å². The van der Waals surface area contributed by atoms with Crippen LogP contribution in [0, 0.1) is 6.92 Å². The van der Waals surface area contributed by atoms with Crippen molar-refractivity contribution in [3.63, 3.8) is 0 Å². The Morgan fingerprint density at radius 1 is 1.05 bits per heavy atom. The molecule has 0 atom stereocenters. The third-order valence-corrected chi connectivity index (χ3v) is 3.38. The number of aryl methyl sites for hydroxylation is 1. The zero-order chi connectivity index (χ0) is 13.4. The Morgan fingerprint density at radius 2 is 1.79 bits per heavy atom. The minimum Gasteiger partial charge on any atom is -0.399 e. The first-order valence-corrected chi connectivity index (χ1v) is 6.28. The molecule has 3 rings (SSSR count). The second kappa shape index (κ2) is 4.32. The van der Waals surface area contributed by atoms with Crippen molar-refractivity contribution >= 4 is 22.3 Å². The van der Waals surface area contributed by atoms with Crippen molar-refractivity contribution in [2.24, 2.45) is 0 Å². The van der Waals surface area contributed by atoms with Crippen LogP contribution < -0.4 is 5.73 Å². The highest BCUT2D eigenvalue weighted by molar-refractivity contribution is 5.86. The average Bonchev–Trinajstić information content (AvgIpc) is 2.81. The van der Waals surface area contributed by atoms with Gasteiger partial charge >= 0.3 is 0 Å². The summed E-state index contributed by atoms with van der Waals surface area (Å²) in [5.41, 5.74) is 11.0. The molecule has 2 nitrogen and oxygen atoms in total. The third kappa shape index (κ3) is 2.02. The highest BCUT2D eigenvalue weighted by Crippen LogP contribution is 2.24. The summed E-state index contributed by atoms with van der Waals surface area (Å²) in [4.78, 5) is 0. The highest BCUT2D eigenvalue weighted by atomic mass is 15.0. The van der Waals surface area contributed by atoms with Crippen LogP contribution in [0.25, 0.3) is 16.6 Å². The van der Waals surface area contributed by atoms with E-state index in [1.54, 1.807) is 0 Å². The number of benzene rings is 2. The summed E-state index contributed by atoms with van der Waals surface area (Å²) in [5, 5.41) is 1.23. The lowest BCUT2D eigenvalue weighted by Crippen LogP contribution is -1.96. The summed E-state index contributed by atoms with van der Waals surface area (Å²) in [5.74, 6) is 0. The number of hydrogen-bond donors (Lipinski definition) is 1. The van der Waals surface area contributed by atoms with E-state index in [1.807, 2.05) is 24.3 Å². The smallest absolute Gasteiger partial charge is 0.0528 e. The molecular formula is C17H16N2. The first-order chi connectivity index (χ1) is 9.15. The van der Waals surface area contributed by atoms with Gasteiger partial charge in [-0.05, 0) is 42.8 Å². The maximum atomic E-state index is 5.72. The van der Waals surface area contributed by atoms with E-state index in [0.717, 1.165) is 16.9 Å². The molecule has 1 heterocycles. The maximum absolute atomic E-state index is 5.72. The summed E-state index contributed by atoms with van der Waals surface area (Å²) < 4.78 is 2.11. The van der Waals surface area contributed by atoms with Crippen LogP contribution in [0.15, 0.2) is 61.3 Å². The molecule has 0 saturated carbocycles. The standard InChI is InChI=1S/C17H16N2/c1-12-3-8-17-15(11-12)9-10-19(17)13(2)14-4-6-16(18)7-5-14/h3-11H,2,18H2,1H3. The molecule has 0 aliphatic rings. The number of hydrogen-bond acceptors (Lipinski definition) is 1. The molecule has 19 heavy (non-hydrogen) atoms. The van der Waals surface area contributed by atoms with E-state index in [2.05, 4.69) is 48.5 Å². The molecule has 2 N–H and O–H groups in total. The van der Waals surface area contributed by atoms with Gasteiger partial charge in [0.2, 0.25) is 0 Å². The molecule has 2 heteroatoms. The predicted octanol–water partition coefficient (Wildman–Crippen LogP) is 4.05. The van der Waals surface area contributed by atoms with E-state index in [0.29, 0.717) is 0 Å². The molecule has 0 saturated heterocycles. The Balaban J connectivity index is 2.09. The zero-order valence-electron chi connectivity index (χ0n) is 10.9. The van der Waals surface area contributed by atoms with E-state index in [-0.39, 0.29) is 0 Å². The van der Waals surface area contributed by atoms with Crippen molar-refractivity contribution in [2.45, 2.75) is 6.92 Å². The van der Waals surface area contributed by atoms with Crippen molar-refractivity contribution in [1.82, 2.24) is 4.57 Å². The summed E-state index contributed by atoms with van der Waals surface area (Å²) in [6.45, 7) is 6.29. The summed E-state index contributed by atoms with van der Waals surface area (Å²) >= 11 is 0. The van der Waals surface area contributed by atoms with Crippen molar-refractivity contribution in [3.05, 3.63) is 72.4 Å². The average molecular weight is 248 g/mol. The fraction of sp³-hybridized carbons (Fsp3) is 0.0588. The summed E-state index contributed by atoms with van der Waals surface area (Å²) in [7, 11) is 0. The molecule has 0 fully saturated rings. The van der Waals surface area contributed by atoms with Crippen molar-refractivity contribution in [1.29, 1.82) is 0 Å². The second-order valence-corrected chi connectivity index (χ2v) is 4.82. The van der Waals surface area contributed by atoms with E-state index >= 15 is 0 Å². The van der Waals surface area contributed by atoms with Crippen LogP contribution in [0.1, 0.15) is 11.1 Å². The Morgan fingerprint density at radius 3 is 2.53 bits per heavy atom. The van der Waals surface area contributed by atoms with Crippen LogP contribution in [0.5, 0.6) is 0 Å². The van der Waals surface area contributed by atoms with Gasteiger partial charge in [-0.2, -0.15) is 0 Å². The van der Waals surface area contributed by atoms with Crippen LogP contribution >= 0.6 is 0 Å². The number of aromatic nitrogens is 1. The lowest BCUT2D eigenvalue weighted by atomic mass is 10.1.